The number of amides is 2. The zero-order valence-corrected chi connectivity index (χ0v) is 15.5. The molecule has 1 aromatic heterocycles. The van der Waals surface area contributed by atoms with Crippen molar-refractivity contribution in [3.8, 4) is 11.5 Å². The number of carbonyl (C=O) groups excluding carboxylic acids is 2. The van der Waals surface area contributed by atoms with Crippen LogP contribution in [0.2, 0.25) is 0 Å². The summed E-state index contributed by atoms with van der Waals surface area (Å²) in [4.78, 5) is 31.3. The fraction of sp³-hybridized carbons (Fsp3) is 0.150. The second-order valence-electron chi connectivity index (χ2n) is 5.83. The van der Waals surface area contributed by atoms with Crippen LogP contribution in [0.25, 0.3) is 17.1 Å². The molecule has 144 valence electrons. The van der Waals surface area contributed by atoms with Gasteiger partial charge in [0.25, 0.3) is 5.91 Å². The summed E-state index contributed by atoms with van der Waals surface area (Å²) >= 11 is 0. The molecule has 8 heteroatoms. The van der Waals surface area contributed by atoms with Crippen LogP contribution in [0.15, 0.2) is 48.5 Å². The quantitative estimate of drug-likeness (QED) is 0.448. The van der Waals surface area contributed by atoms with E-state index in [1.54, 1.807) is 24.3 Å². The van der Waals surface area contributed by atoms with Crippen molar-refractivity contribution < 1.29 is 19.1 Å². The highest BCUT2D eigenvalue weighted by Crippen LogP contribution is 2.31. The van der Waals surface area contributed by atoms with E-state index in [1.807, 2.05) is 24.3 Å². The highest BCUT2D eigenvalue weighted by molar-refractivity contribution is 5.93. The number of hydrogen-bond acceptors (Lipinski definition) is 5. The Balaban J connectivity index is 1.55. The standard InChI is InChI=1S/C20H20N4O4/c1-27-16-9-5-6-13(20(16)28-2)10-11-18(25)23-24-19(26)12-17-21-14-7-3-4-8-15(14)22-17/h3-11H,12H2,1-2H3,(H,21,22)(H,23,25)(H,24,26). The van der Waals surface area contributed by atoms with Crippen LogP contribution in [-0.4, -0.2) is 36.0 Å². The van der Waals surface area contributed by atoms with E-state index in [9.17, 15) is 9.59 Å². The Bertz CT molecular complexity index is 993. The number of aromatic amines is 1. The first kappa shape index (κ1) is 19.0. The van der Waals surface area contributed by atoms with Crippen molar-refractivity contribution in [3.63, 3.8) is 0 Å². The van der Waals surface area contributed by atoms with Gasteiger partial charge in [-0.2, -0.15) is 0 Å². The van der Waals surface area contributed by atoms with Crippen LogP contribution in [0, 0.1) is 0 Å². The molecular formula is C20H20N4O4. The van der Waals surface area contributed by atoms with E-state index >= 15 is 0 Å². The molecule has 0 saturated carbocycles. The molecule has 3 aromatic rings. The van der Waals surface area contributed by atoms with Crippen LogP contribution < -0.4 is 20.3 Å². The van der Waals surface area contributed by atoms with Gasteiger partial charge in [-0.1, -0.05) is 24.3 Å². The SMILES string of the molecule is COc1cccc(C=CC(=O)NNC(=O)Cc2nc3ccccc3[nH]2)c1OC. The number of rotatable bonds is 6. The summed E-state index contributed by atoms with van der Waals surface area (Å²) in [5.41, 5.74) is 7.00. The Labute approximate surface area is 161 Å². The van der Waals surface area contributed by atoms with Gasteiger partial charge in [0.2, 0.25) is 5.91 Å². The third-order valence-corrected chi connectivity index (χ3v) is 3.94. The number of methoxy groups -OCH3 is 2. The lowest BCUT2D eigenvalue weighted by atomic mass is 10.1. The Morgan fingerprint density at radius 2 is 1.89 bits per heavy atom. The number of benzene rings is 2. The molecule has 1 heterocycles. The number of imidazole rings is 1. The second-order valence-corrected chi connectivity index (χ2v) is 5.83. The molecule has 0 radical (unpaired) electrons. The average molecular weight is 380 g/mol. The predicted octanol–water partition coefficient (Wildman–Crippen LogP) is 1.98. The summed E-state index contributed by atoms with van der Waals surface area (Å²) in [6.07, 6.45) is 2.88. The van der Waals surface area contributed by atoms with Gasteiger partial charge in [-0.3, -0.25) is 20.4 Å². The van der Waals surface area contributed by atoms with Crippen molar-refractivity contribution in [2.45, 2.75) is 6.42 Å². The summed E-state index contributed by atoms with van der Waals surface area (Å²) in [5.74, 6) is 0.722. The smallest absolute Gasteiger partial charge is 0.262 e. The fourth-order valence-corrected chi connectivity index (χ4v) is 2.67. The van der Waals surface area contributed by atoms with Crippen molar-refractivity contribution in [2.75, 3.05) is 14.2 Å². The number of fused-ring (bicyclic) bond motifs is 1. The van der Waals surface area contributed by atoms with Gasteiger partial charge in [-0.05, 0) is 24.3 Å². The first-order valence-electron chi connectivity index (χ1n) is 8.52. The number of ether oxygens (including phenoxy) is 2. The lowest BCUT2D eigenvalue weighted by Crippen LogP contribution is -2.41. The second kappa shape index (κ2) is 8.72. The van der Waals surface area contributed by atoms with E-state index < -0.39 is 5.91 Å². The molecule has 0 fully saturated rings. The Kier molecular flexibility index (Phi) is 5.91. The minimum absolute atomic E-state index is 0.0163. The molecule has 0 saturated heterocycles. The zero-order chi connectivity index (χ0) is 19.9. The molecule has 2 amide bonds. The van der Waals surface area contributed by atoms with Gasteiger partial charge in [0, 0.05) is 11.6 Å². The lowest BCUT2D eigenvalue weighted by molar-refractivity contribution is -0.126. The Morgan fingerprint density at radius 1 is 1.07 bits per heavy atom. The van der Waals surface area contributed by atoms with Gasteiger partial charge in [-0.25, -0.2) is 4.98 Å². The Morgan fingerprint density at radius 3 is 2.64 bits per heavy atom. The van der Waals surface area contributed by atoms with Gasteiger partial charge in [0.05, 0.1) is 31.7 Å². The molecule has 8 nitrogen and oxygen atoms in total. The minimum Gasteiger partial charge on any atom is -0.493 e. The normalized spacial score (nSPS) is 10.8. The molecule has 0 spiro atoms. The van der Waals surface area contributed by atoms with Crippen molar-refractivity contribution in [3.05, 3.63) is 59.9 Å². The van der Waals surface area contributed by atoms with Gasteiger partial charge in [0.15, 0.2) is 11.5 Å². The summed E-state index contributed by atoms with van der Waals surface area (Å²) < 4.78 is 10.5. The number of hydrogen-bond donors (Lipinski definition) is 3. The maximum absolute atomic E-state index is 12.0. The molecule has 2 aromatic carbocycles. The topological polar surface area (TPSA) is 105 Å². The van der Waals surface area contributed by atoms with Crippen LogP contribution in [0.3, 0.4) is 0 Å². The fourth-order valence-electron chi connectivity index (χ4n) is 2.67. The summed E-state index contributed by atoms with van der Waals surface area (Å²) in [6.45, 7) is 0. The number of para-hydroxylation sites is 3. The average Bonchev–Trinajstić information content (AvgIpc) is 3.12. The zero-order valence-electron chi connectivity index (χ0n) is 15.5. The molecule has 0 aliphatic rings. The molecule has 3 N–H and O–H groups in total. The van der Waals surface area contributed by atoms with Crippen LogP contribution in [0.5, 0.6) is 11.5 Å². The number of nitrogens with zero attached hydrogens (tertiary/aromatic N) is 1. The van der Waals surface area contributed by atoms with Crippen molar-refractivity contribution in [1.29, 1.82) is 0 Å². The minimum atomic E-state index is -0.483. The number of carbonyl (C=O) groups is 2. The van der Waals surface area contributed by atoms with Crippen molar-refractivity contribution >= 4 is 28.9 Å². The molecule has 0 unspecified atom stereocenters. The molecule has 0 atom stereocenters. The van der Waals surface area contributed by atoms with Crippen LogP contribution in [0.1, 0.15) is 11.4 Å². The summed E-state index contributed by atoms with van der Waals surface area (Å²) in [7, 11) is 3.06. The van der Waals surface area contributed by atoms with E-state index in [0.29, 0.717) is 22.9 Å². The molecule has 0 aliphatic carbocycles. The number of hydrazine groups is 1. The van der Waals surface area contributed by atoms with Crippen LogP contribution in [-0.2, 0) is 16.0 Å². The van der Waals surface area contributed by atoms with E-state index in [4.69, 9.17) is 9.47 Å². The van der Waals surface area contributed by atoms with Crippen LogP contribution in [0.4, 0.5) is 0 Å². The monoisotopic (exact) mass is 380 g/mol. The van der Waals surface area contributed by atoms with Gasteiger partial charge < -0.3 is 14.5 Å². The van der Waals surface area contributed by atoms with Gasteiger partial charge in [0.1, 0.15) is 5.82 Å². The highest BCUT2D eigenvalue weighted by atomic mass is 16.5. The third kappa shape index (κ3) is 4.47. The van der Waals surface area contributed by atoms with E-state index in [-0.39, 0.29) is 12.3 Å². The predicted molar refractivity (Wildman–Crippen MR) is 105 cm³/mol. The highest BCUT2D eigenvalue weighted by Gasteiger charge is 2.09. The van der Waals surface area contributed by atoms with E-state index in [1.165, 1.54) is 20.3 Å². The van der Waals surface area contributed by atoms with Gasteiger partial charge >= 0.3 is 0 Å². The first-order chi connectivity index (χ1) is 13.6. The van der Waals surface area contributed by atoms with Gasteiger partial charge in [-0.15, -0.1) is 0 Å². The van der Waals surface area contributed by atoms with Crippen molar-refractivity contribution in [1.82, 2.24) is 20.8 Å². The Hall–Kier alpha value is -3.81. The maximum atomic E-state index is 12.0. The number of aromatic nitrogens is 2. The first-order valence-corrected chi connectivity index (χ1v) is 8.52. The molecule has 0 bridgehead atoms. The van der Waals surface area contributed by atoms with E-state index in [2.05, 4.69) is 20.8 Å². The number of nitrogens with one attached hydrogen (secondary N) is 3. The lowest BCUT2D eigenvalue weighted by Gasteiger charge is -2.09. The summed E-state index contributed by atoms with van der Waals surface area (Å²) in [5, 5.41) is 0. The maximum Gasteiger partial charge on any atom is 0.262 e. The molecule has 28 heavy (non-hydrogen) atoms. The van der Waals surface area contributed by atoms with E-state index in [0.717, 1.165) is 11.0 Å². The molecule has 0 aliphatic heterocycles. The third-order valence-electron chi connectivity index (χ3n) is 3.94. The van der Waals surface area contributed by atoms with Crippen LogP contribution >= 0.6 is 0 Å². The molecule has 3 rings (SSSR count). The largest absolute Gasteiger partial charge is 0.493 e. The van der Waals surface area contributed by atoms with Crippen molar-refractivity contribution in [2.24, 2.45) is 0 Å². The number of H-pyrrole nitrogens is 1. The molecular weight excluding hydrogens is 360 g/mol. The summed E-state index contributed by atoms with van der Waals surface area (Å²) in [6, 6.07) is 12.8.